The molecule has 0 radical (unpaired) electrons. The molecule has 0 aromatic carbocycles. The van der Waals surface area contributed by atoms with Crippen molar-refractivity contribution in [1.29, 1.82) is 0 Å². The van der Waals surface area contributed by atoms with Crippen LogP contribution < -0.4 is 5.32 Å². The maximum absolute atomic E-state index is 4.33. The summed E-state index contributed by atoms with van der Waals surface area (Å²) in [4.78, 5) is 4.33. The molecule has 1 aliphatic rings. The van der Waals surface area contributed by atoms with Crippen LogP contribution in [0.5, 0.6) is 0 Å². The molecule has 0 bridgehead atoms. The standard InChI is InChI=1S/C12H22N2/c1-2-3-4-5-6-7-8-9-12-13-10-11-14-12/h2,10,12,14H,1,3-9,11H2. The van der Waals surface area contributed by atoms with E-state index in [1.165, 1.54) is 44.9 Å². The molecule has 1 unspecified atom stereocenters. The van der Waals surface area contributed by atoms with Crippen LogP contribution in [-0.2, 0) is 0 Å². The van der Waals surface area contributed by atoms with Gasteiger partial charge in [-0.2, -0.15) is 0 Å². The lowest BCUT2D eigenvalue weighted by atomic mass is 10.1. The molecular weight excluding hydrogens is 172 g/mol. The van der Waals surface area contributed by atoms with Crippen LogP contribution >= 0.6 is 0 Å². The topological polar surface area (TPSA) is 24.4 Å². The molecule has 14 heavy (non-hydrogen) atoms. The summed E-state index contributed by atoms with van der Waals surface area (Å²) in [6, 6.07) is 0. The number of aliphatic imine (C=N–C) groups is 1. The zero-order valence-electron chi connectivity index (χ0n) is 9.04. The Morgan fingerprint density at radius 2 is 2.07 bits per heavy atom. The summed E-state index contributed by atoms with van der Waals surface area (Å²) in [5, 5.41) is 3.33. The minimum Gasteiger partial charge on any atom is -0.291 e. The van der Waals surface area contributed by atoms with Crippen molar-refractivity contribution in [3.8, 4) is 0 Å². The van der Waals surface area contributed by atoms with Gasteiger partial charge in [0.2, 0.25) is 0 Å². The first-order chi connectivity index (χ1) is 6.93. The Balaban J connectivity index is 1.79. The molecule has 1 heterocycles. The van der Waals surface area contributed by atoms with Crippen LogP contribution in [0.15, 0.2) is 17.6 Å². The van der Waals surface area contributed by atoms with E-state index in [9.17, 15) is 0 Å². The molecule has 0 saturated carbocycles. The van der Waals surface area contributed by atoms with E-state index in [4.69, 9.17) is 0 Å². The average Bonchev–Trinajstić information content (AvgIpc) is 2.69. The lowest BCUT2D eigenvalue weighted by molar-refractivity contribution is 0.506. The molecule has 0 aromatic rings. The highest BCUT2D eigenvalue weighted by atomic mass is 15.1. The first kappa shape index (κ1) is 11.4. The molecule has 80 valence electrons. The Hall–Kier alpha value is -0.630. The molecule has 1 rings (SSSR count). The Labute approximate surface area is 87.5 Å². The van der Waals surface area contributed by atoms with E-state index in [2.05, 4.69) is 16.9 Å². The quantitative estimate of drug-likeness (QED) is 0.466. The molecule has 1 N–H and O–H groups in total. The summed E-state index contributed by atoms with van der Waals surface area (Å²) in [6.07, 6.45) is 13.5. The van der Waals surface area contributed by atoms with Crippen molar-refractivity contribution in [3.05, 3.63) is 12.7 Å². The molecule has 1 atom stereocenters. The van der Waals surface area contributed by atoms with E-state index in [0.717, 1.165) is 6.54 Å². The molecule has 2 nitrogen and oxygen atoms in total. The van der Waals surface area contributed by atoms with Crippen molar-refractivity contribution in [2.24, 2.45) is 4.99 Å². The summed E-state index contributed by atoms with van der Waals surface area (Å²) in [5.41, 5.74) is 0. The van der Waals surface area contributed by atoms with Crippen LogP contribution in [0.25, 0.3) is 0 Å². The third kappa shape index (κ3) is 5.18. The minimum atomic E-state index is 0.420. The van der Waals surface area contributed by atoms with Gasteiger partial charge in [-0.3, -0.25) is 10.3 Å². The molecule has 0 aromatic heterocycles. The van der Waals surface area contributed by atoms with Crippen LogP contribution in [0.2, 0.25) is 0 Å². The zero-order chi connectivity index (χ0) is 10.1. The van der Waals surface area contributed by atoms with Gasteiger partial charge in [0, 0.05) is 12.8 Å². The molecule has 0 amide bonds. The van der Waals surface area contributed by atoms with Gasteiger partial charge < -0.3 is 0 Å². The molecule has 0 fully saturated rings. The fourth-order valence-corrected chi connectivity index (χ4v) is 1.75. The number of unbranched alkanes of at least 4 members (excludes halogenated alkanes) is 5. The molecule has 0 aliphatic carbocycles. The Morgan fingerprint density at radius 1 is 1.29 bits per heavy atom. The van der Waals surface area contributed by atoms with Gasteiger partial charge in [0.05, 0.1) is 6.17 Å². The summed E-state index contributed by atoms with van der Waals surface area (Å²) < 4.78 is 0. The van der Waals surface area contributed by atoms with Crippen LogP contribution in [0, 0.1) is 0 Å². The molecular formula is C12H22N2. The smallest absolute Gasteiger partial charge is 0.0993 e. The van der Waals surface area contributed by atoms with Crippen LogP contribution in [-0.4, -0.2) is 18.9 Å². The van der Waals surface area contributed by atoms with Crippen molar-refractivity contribution >= 4 is 6.21 Å². The van der Waals surface area contributed by atoms with Crippen molar-refractivity contribution in [1.82, 2.24) is 5.32 Å². The number of hydrogen-bond acceptors (Lipinski definition) is 2. The number of rotatable bonds is 8. The van der Waals surface area contributed by atoms with Gasteiger partial charge in [0.25, 0.3) is 0 Å². The third-order valence-electron chi connectivity index (χ3n) is 2.62. The lowest BCUT2D eigenvalue weighted by Gasteiger charge is -2.06. The van der Waals surface area contributed by atoms with Gasteiger partial charge in [-0.25, -0.2) is 0 Å². The second-order valence-corrected chi connectivity index (χ2v) is 3.89. The summed E-state index contributed by atoms with van der Waals surface area (Å²) >= 11 is 0. The molecule has 0 saturated heterocycles. The average molecular weight is 194 g/mol. The van der Waals surface area contributed by atoms with Crippen LogP contribution in [0.1, 0.15) is 44.9 Å². The first-order valence-corrected chi connectivity index (χ1v) is 5.79. The van der Waals surface area contributed by atoms with Crippen molar-refractivity contribution in [3.63, 3.8) is 0 Å². The van der Waals surface area contributed by atoms with Crippen LogP contribution in [0.3, 0.4) is 0 Å². The number of nitrogens with zero attached hydrogens (tertiary/aromatic N) is 1. The third-order valence-corrected chi connectivity index (χ3v) is 2.62. The Kier molecular flexibility index (Phi) is 6.33. The fraction of sp³-hybridized carbons (Fsp3) is 0.750. The van der Waals surface area contributed by atoms with E-state index in [1.54, 1.807) is 0 Å². The molecule has 1 aliphatic heterocycles. The van der Waals surface area contributed by atoms with E-state index in [-0.39, 0.29) is 0 Å². The predicted molar refractivity (Wildman–Crippen MR) is 62.8 cm³/mol. The number of allylic oxidation sites excluding steroid dienone is 1. The highest BCUT2D eigenvalue weighted by Gasteiger charge is 2.07. The van der Waals surface area contributed by atoms with E-state index in [0.29, 0.717) is 6.17 Å². The number of nitrogens with one attached hydrogen (secondary N) is 1. The molecule has 2 heteroatoms. The highest BCUT2D eigenvalue weighted by molar-refractivity contribution is 5.61. The maximum atomic E-state index is 4.33. The van der Waals surface area contributed by atoms with E-state index in [1.807, 2.05) is 12.3 Å². The fourth-order valence-electron chi connectivity index (χ4n) is 1.75. The summed E-state index contributed by atoms with van der Waals surface area (Å²) in [7, 11) is 0. The van der Waals surface area contributed by atoms with Gasteiger partial charge in [0.15, 0.2) is 0 Å². The van der Waals surface area contributed by atoms with Crippen molar-refractivity contribution in [2.45, 2.75) is 51.1 Å². The van der Waals surface area contributed by atoms with Crippen LogP contribution in [0.4, 0.5) is 0 Å². The normalized spacial score (nSPS) is 20.1. The summed E-state index contributed by atoms with van der Waals surface area (Å²) in [6.45, 7) is 4.69. The van der Waals surface area contributed by atoms with Crippen molar-refractivity contribution < 1.29 is 0 Å². The lowest BCUT2D eigenvalue weighted by Crippen LogP contribution is -2.21. The highest BCUT2D eigenvalue weighted by Crippen LogP contribution is 2.10. The molecule has 0 spiro atoms. The van der Waals surface area contributed by atoms with E-state index >= 15 is 0 Å². The summed E-state index contributed by atoms with van der Waals surface area (Å²) in [5.74, 6) is 0. The van der Waals surface area contributed by atoms with Gasteiger partial charge >= 0.3 is 0 Å². The Bertz CT molecular complexity index is 175. The first-order valence-electron chi connectivity index (χ1n) is 5.79. The second kappa shape index (κ2) is 7.74. The van der Waals surface area contributed by atoms with E-state index < -0.39 is 0 Å². The zero-order valence-corrected chi connectivity index (χ0v) is 9.04. The Morgan fingerprint density at radius 3 is 2.79 bits per heavy atom. The SMILES string of the molecule is C=CCCCCCCCC1N=CCN1. The maximum Gasteiger partial charge on any atom is 0.0993 e. The second-order valence-electron chi connectivity index (χ2n) is 3.89. The van der Waals surface area contributed by atoms with Gasteiger partial charge in [-0.05, 0) is 25.7 Å². The van der Waals surface area contributed by atoms with Gasteiger partial charge in [0.1, 0.15) is 0 Å². The predicted octanol–water partition coefficient (Wildman–Crippen LogP) is 2.90. The number of hydrogen-bond donors (Lipinski definition) is 1. The van der Waals surface area contributed by atoms with Crippen molar-refractivity contribution in [2.75, 3.05) is 6.54 Å². The van der Waals surface area contributed by atoms with Gasteiger partial charge in [-0.15, -0.1) is 6.58 Å². The minimum absolute atomic E-state index is 0.420. The monoisotopic (exact) mass is 194 g/mol. The largest absolute Gasteiger partial charge is 0.291 e. The van der Waals surface area contributed by atoms with Gasteiger partial charge in [-0.1, -0.05) is 25.3 Å².